The van der Waals surface area contributed by atoms with Gasteiger partial charge in [-0.15, -0.1) is 0 Å². The first-order valence-corrected chi connectivity index (χ1v) is 6.21. The van der Waals surface area contributed by atoms with E-state index in [1.165, 1.54) is 23.1 Å². The van der Waals surface area contributed by atoms with Crippen molar-refractivity contribution in [3.63, 3.8) is 0 Å². The van der Waals surface area contributed by atoms with Gasteiger partial charge in [0.2, 0.25) is 0 Å². The number of rotatable bonds is 3. The van der Waals surface area contributed by atoms with E-state index in [9.17, 15) is 14.3 Å². The fourth-order valence-corrected chi connectivity index (χ4v) is 1.81. The number of halogens is 1. The first-order chi connectivity index (χ1) is 9.24. The molecule has 0 unspecified atom stereocenters. The van der Waals surface area contributed by atoms with Crippen molar-refractivity contribution < 1.29 is 14.3 Å². The average molecular weight is 278 g/mol. The molecule has 0 aliphatic carbocycles. The number of carbonyl (C=O) groups is 1. The van der Waals surface area contributed by atoms with Crippen LogP contribution in [0.5, 0.6) is 0 Å². The molecule has 0 saturated carbocycles. The minimum atomic E-state index is -1.01. The van der Waals surface area contributed by atoms with Crippen molar-refractivity contribution in [1.82, 2.24) is 4.90 Å². The Hall–Kier alpha value is -1.90. The number of nitrogens with zero attached hydrogens (tertiary/aromatic N) is 1. The molecule has 1 aromatic carbocycles. The van der Waals surface area contributed by atoms with E-state index >= 15 is 0 Å². The molecule has 1 aromatic rings. The molecule has 4 nitrogen and oxygen atoms in total. The lowest BCUT2D eigenvalue weighted by molar-refractivity contribution is 0.0367. The molecule has 0 aromatic heterocycles. The van der Waals surface area contributed by atoms with E-state index in [1.54, 1.807) is 20.9 Å². The molecule has 0 saturated heterocycles. The van der Waals surface area contributed by atoms with Gasteiger partial charge in [-0.05, 0) is 32.0 Å². The van der Waals surface area contributed by atoms with Gasteiger partial charge in [-0.1, -0.05) is 11.8 Å². The lowest BCUT2D eigenvalue weighted by Crippen LogP contribution is -2.39. The van der Waals surface area contributed by atoms with E-state index in [0.29, 0.717) is 11.1 Å². The maximum Gasteiger partial charge on any atom is 0.254 e. The Bertz CT molecular complexity index is 553. The topological polar surface area (TPSA) is 66.6 Å². The van der Waals surface area contributed by atoms with Crippen LogP contribution in [0.1, 0.15) is 29.8 Å². The third kappa shape index (κ3) is 4.65. The molecule has 0 aliphatic rings. The van der Waals surface area contributed by atoms with Gasteiger partial charge in [-0.3, -0.25) is 4.79 Å². The Morgan fingerprint density at radius 3 is 2.70 bits per heavy atom. The predicted octanol–water partition coefficient (Wildman–Crippen LogP) is 0.979. The van der Waals surface area contributed by atoms with Gasteiger partial charge in [0, 0.05) is 19.2 Å². The number of benzene rings is 1. The van der Waals surface area contributed by atoms with Crippen molar-refractivity contribution in [3.05, 3.63) is 35.1 Å². The molecule has 0 fully saturated rings. The second kappa shape index (κ2) is 6.51. The highest BCUT2D eigenvalue weighted by molar-refractivity contribution is 5.96. The summed E-state index contributed by atoms with van der Waals surface area (Å²) in [5.74, 6) is 4.50. The Kier molecular flexibility index (Phi) is 5.26. The molecule has 20 heavy (non-hydrogen) atoms. The number of nitrogens with two attached hydrogens (primary N) is 1. The maximum atomic E-state index is 13.2. The van der Waals surface area contributed by atoms with Crippen LogP contribution in [0.3, 0.4) is 0 Å². The van der Waals surface area contributed by atoms with Gasteiger partial charge in [0.25, 0.3) is 5.91 Å². The molecule has 108 valence electrons. The highest BCUT2D eigenvalue weighted by Crippen LogP contribution is 2.14. The lowest BCUT2D eigenvalue weighted by Gasteiger charge is -2.26. The smallest absolute Gasteiger partial charge is 0.254 e. The minimum absolute atomic E-state index is 0.129. The molecule has 0 bridgehead atoms. The van der Waals surface area contributed by atoms with Crippen LogP contribution in [0.2, 0.25) is 0 Å². The van der Waals surface area contributed by atoms with Crippen molar-refractivity contribution in [3.8, 4) is 11.8 Å². The molecule has 3 N–H and O–H groups in total. The summed E-state index contributed by atoms with van der Waals surface area (Å²) in [6.45, 7) is 3.50. The van der Waals surface area contributed by atoms with Crippen LogP contribution in [-0.4, -0.2) is 41.7 Å². The second-order valence-electron chi connectivity index (χ2n) is 5.17. The van der Waals surface area contributed by atoms with Crippen molar-refractivity contribution in [1.29, 1.82) is 0 Å². The van der Waals surface area contributed by atoms with Crippen molar-refractivity contribution in [2.45, 2.75) is 19.4 Å². The van der Waals surface area contributed by atoms with Gasteiger partial charge in [0.05, 0.1) is 17.7 Å². The van der Waals surface area contributed by atoms with E-state index in [1.807, 2.05) is 0 Å². The van der Waals surface area contributed by atoms with Crippen molar-refractivity contribution >= 4 is 5.91 Å². The van der Waals surface area contributed by atoms with Gasteiger partial charge >= 0.3 is 0 Å². The summed E-state index contributed by atoms with van der Waals surface area (Å²) in [7, 11) is 1.57. The minimum Gasteiger partial charge on any atom is -0.389 e. The lowest BCUT2D eigenvalue weighted by atomic mass is 10.0. The SMILES string of the molecule is CN(CC(C)(C)O)C(=O)c1ccc(F)cc1C#CCN. The average Bonchev–Trinajstić information content (AvgIpc) is 2.33. The van der Waals surface area contributed by atoms with E-state index in [-0.39, 0.29) is 19.0 Å². The zero-order chi connectivity index (χ0) is 15.3. The summed E-state index contributed by atoms with van der Waals surface area (Å²) in [6.07, 6.45) is 0. The van der Waals surface area contributed by atoms with Gasteiger partial charge < -0.3 is 15.7 Å². The van der Waals surface area contributed by atoms with Crippen LogP contribution in [0.25, 0.3) is 0 Å². The number of carbonyl (C=O) groups excluding carboxylic acids is 1. The highest BCUT2D eigenvalue weighted by atomic mass is 19.1. The van der Waals surface area contributed by atoms with Gasteiger partial charge in [0.1, 0.15) is 5.82 Å². The fourth-order valence-electron chi connectivity index (χ4n) is 1.81. The number of aliphatic hydroxyl groups is 1. The Labute approximate surface area is 118 Å². The highest BCUT2D eigenvalue weighted by Gasteiger charge is 2.22. The van der Waals surface area contributed by atoms with Gasteiger partial charge in [-0.25, -0.2) is 4.39 Å². The number of likely N-dealkylation sites (N-methyl/N-ethyl adjacent to an activating group) is 1. The maximum absolute atomic E-state index is 13.2. The molecule has 0 spiro atoms. The zero-order valence-electron chi connectivity index (χ0n) is 11.9. The molecule has 0 radical (unpaired) electrons. The standard InChI is InChI=1S/C15H19FN2O2/c1-15(2,20)10-18(3)14(19)13-7-6-12(16)9-11(13)5-4-8-17/h6-7,9,20H,8,10,17H2,1-3H3. The van der Waals surface area contributed by atoms with E-state index < -0.39 is 11.4 Å². The molecule has 0 atom stereocenters. The molecular formula is C15H19FN2O2. The molecule has 0 heterocycles. The normalized spacial score (nSPS) is 10.7. The molecular weight excluding hydrogens is 259 g/mol. The molecule has 1 amide bonds. The van der Waals surface area contributed by atoms with Crippen LogP contribution in [-0.2, 0) is 0 Å². The molecule has 0 aliphatic heterocycles. The predicted molar refractivity (Wildman–Crippen MR) is 75.6 cm³/mol. The summed E-state index contributed by atoms with van der Waals surface area (Å²) in [5.41, 5.74) is 4.87. The summed E-state index contributed by atoms with van der Waals surface area (Å²) < 4.78 is 13.2. The van der Waals surface area contributed by atoms with Crippen LogP contribution in [0.4, 0.5) is 4.39 Å². The van der Waals surface area contributed by atoms with E-state index in [0.717, 1.165) is 0 Å². The first kappa shape index (κ1) is 16.2. The van der Waals surface area contributed by atoms with Crippen LogP contribution in [0, 0.1) is 17.7 Å². The van der Waals surface area contributed by atoms with Crippen molar-refractivity contribution in [2.24, 2.45) is 5.73 Å². The Morgan fingerprint density at radius 1 is 1.50 bits per heavy atom. The van der Waals surface area contributed by atoms with Gasteiger partial charge in [0.15, 0.2) is 0 Å². The summed E-state index contributed by atoms with van der Waals surface area (Å²) in [6, 6.07) is 3.80. The van der Waals surface area contributed by atoms with E-state index in [2.05, 4.69) is 11.8 Å². The largest absolute Gasteiger partial charge is 0.389 e. The summed E-state index contributed by atoms with van der Waals surface area (Å²) in [4.78, 5) is 13.7. The Balaban J connectivity index is 3.09. The summed E-state index contributed by atoms with van der Waals surface area (Å²) >= 11 is 0. The number of hydrogen-bond acceptors (Lipinski definition) is 3. The number of hydrogen-bond donors (Lipinski definition) is 2. The van der Waals surface area contributed by atoms with Gasteiger partial charge in [-0.2, -0.15) is 0 Å². The van der Waals surface area contributed by atoms with E-state index in [4.69, 9.17) is 5.73 Å². The molecule has 5 heteroatoms. The van der Waals surface area contributed by atoms with Crippen LogP contribution in [0.15, 0.2) is 18.2 Å². The Morgan fingerprint density at radius 2 is 2.15 bits per heavy atom. The zero-order valence-corrected chi connectivity index (χ0v) is 11.9. The fraction of sp³-hybridized carbons (Fsp3) is 0.400. The first-order valence-electron chi connectivity index (χ1n) is 6.21. The summed E-state index contributed by atoms with van der Waals surface area (Å²) in [5, 5.41) is 9.74. The monoisotopic (exact) mass is 278 g/mol. The van der Waals surface area contributed by atoms with Crippen LogP contribution < -0.4 is 5.73 Å². The third-order valence-electron chi connectivity index (χ3n) is 2.51. The van der Waals surface area contributed by atoms with Crippen molar-refractivity contribution in [2.75, 3.05) is 20.1 Å². The third-order valence-corrected chi connectivity index (χ3v) is 2.51. The number of amides is 1. The molecule has 1 rings (SSSR count). The quantitative estimate of drug-likeness (QED) is 0.810. The van der Waals surface area contributed by atoms with Crippen LogP contribution >= 0.6 is 0 Å². The second-order valence-corrected chi connectivity index (χ2v) is 5.17.